The minimum Gasteiger partial charge on any atom is -0.370 e. The number of sulfonamides is 1. The summed E-state index contributed by atoms with van der Waals surface area (Å²) in [5.74, 6) is -0.264. The second kappa shape index (κ2) is 8.65. The van der Waals surface area contributed by atoms with E-state index in [-0.39, 0.29) is 47.9 Å². The van der Waals surface area contributed by atoms with Crippen molar-refractivity contribution in [3.63, 3.8) is 0 Å². The van der Waals surface area contributed by atoms with Crippen molar-refractivity contribution in [2.45, 2.75) is 19.9 Å². The Morgan fingerprint density at radius 3 is 2.75 bits per heavy atom. The van der Waals surface area contributed by atoms with Gasteiger partial charge in [0.1, 0.15) is 5.82 Å². The number of nitrogens with one attached hydrogen (secondary N) is 1. The number of aliphatic imine (C=N–C) groups is 1. The van der Waals surface area contributed by atoms with E-state index in [4.69, 9.17) is 5.73 Å². The van der Waals surface area contributed by atoms with E-state index in [1.165, 1.54) is 12.1 Å². The Hall–Kier alpha value is -1.36. The Morgan fingerprint density at radius 1 is 1.50 bits per heavy atom. The average molecular weight is 468 g/mol. The molecule has 0 radical (unpaired) electrons. The number of benzene rings is 1. The minimum atomic E-state index is -3.39. The third kappa shape index (κ3) is 5.33. The molecule has 1 heterocycles. The highest BCUT2D eigenvalue weighted by molar-refractivity contribution is 14.0. The zero-order valence-electron chi connectivity index (χ0n) is 13.5. The van der Waals surface area contributed by atoms with Crippen LogP contribution in [0.15, 0.2) is 35.3 Å². The number of nitrogens with two attached hydrogens (primary N) is 1. The number of hydrogen-bond donors (Lipinski definition) is 2. The maximum Gasteiger partial charge on any atom is 0.235 e. The Kier molecular flexibility index (Phi) is 7.46. The monoisotopic (exact) mass is 468 g/mol. The number of nitrogens with zero attached hydrogens (tertiary/aromatic N) is 2. The van der Waals surface area contributed by atoms with Crippen LogP contribution in [0.2, 0.25) is 0 Å². The second-order valence-corrected chi connectivity index (χ2v) is 7.55. The molecule has 1 aromatic rings. The highest BCUT2D eigenvalue weighted by Gasteiger charge is 2.30. The number of guanidine groups is 1. The van der Waals surface area contributed by atoms with E-state index in [0.717, 1.165) is 9.88 Å². The molecule has 24 heavy (non-hydrogen) atoms. The third-order valence-corrected chi connectivity index (χ3v) is 5.24. The van der Waals surface area contributed by atoms with Crippen LogP contribution in [0.4, 0.5) is 10.1 Å². The fraction of sp³-hybridized carbons (Fsp3) is 0.400. The number of rotatable bonds is 5. The van der Waals surface area contributed by atoms with Crippen LogP contribution >= 0.6 is 24.0 Å². The van der Waals surface area contributed by atoms with Crippen molar-refractivity contribution >= 4 is 45.6 Å². The molecule has 0 amide bonds. The third-order valence-electron chi connectivity index (χ3n) is 3.38. The molecule has 9 heteroatoms. The molecule has 1 aliphatic heterocycles. The molecule has 1 aliphatic rings. The Labute approximate surface area is 159 Å². The summed E-state index contributed by atoms with van der Waals surface area (Å²) in [7, 11) is -3.39. The van der Waals surface area contributed by atoms with Gasteiger partial charge >= 0.3 is 0 Å². The van der Waals surface area contributed by atoms with Crippen LogP contribution in [0.5, 0.6) is 0 Å². The SMILES string of the molecule is C=C(C)CNC(N)=NCc1ccc(N2CCCS2(=O)=O)c(F)c1.I. The van der Waals surface area contributed by atoms with Gasteiger partial charge in [-0.1, -0.05) is 18.2 Å². The molecular formula is C15H22FIN4O2S. The van der Waals surface area contributed by atoms with E-state index in [1.54, 1.807) is 6.07 Å². The molecule has 0 unspecified atom stereocenters. The average Bonchev–Trinajstić information content (AvgIpc) is 2.82. The molecule has 0 saturated carbocycles. The molecule has 0 spiro atoms. The first kappa shape index (κ1) is 20.7. The van der Waals surface area contributed by atoms with E-state index >= 15 is 0 Å². The first-order chi connectivity index (χ1) is 10.8. The molecule has 1 saturated heterocycles. The van der Waals surface area contributed by atoms with Gasteiger partial charge < -0.3 is 11.1 Å². The number of halogens is 2. The lowest BCUT2D eigenvalue weighted by Gasteiger charge is -2.17. The van der Waals surface area contributed by atoms with E-state index in [0.29, 0.717) is 25.1 Å². The van der Waals surface area contributed by atoms with Gasteiger partial charge in [0.05, 0.1) is 18.0 Å². The van der Waals surface area contributed by atoms with Crippen LogP contribution in [-0.4, -0.2) is 33.2 Å². The molecule has 134 valence electrons. The van der Waals surface area contributed by atoms with E-state index in [1.807, 2.05) is 6.92 Å². The quantitative estimate of drug-likeness (QED) is 0.300. The largest absolute Gasteiger partial charge is 0.370 e. The van der Waals surface area contributed by atoms with Gasteiger partial charge in [-0.3, -0.25) is 4.31 Å². The molecule has 2 rings (SSSR count). The summed E-state index contributed by atoms with van der Waals surface area (Å²) in [5.41, 5.74) is 7.31. The predicted octanol–water partition coefficient (Wildman–Crippen LogP) is 1.96. The number of hydrogen-bond acceptors (Lipinski definition) is 3. The van der Waals surface area contributed by atoms with Crippen molar-refractivity contribution in [2.75, 3.05) is 23.1 Å². The maximum atomic E-state index is 14.2. The van der Waals surface area contributed by atoms with Gasteiger partial charge in [0.2, 0.25) is 10.0 Å². The zero-order valence-corrected chi connectivity index (χ0v) is 16.6. The summed E-state index contributed by atoms with van der Waals surface area (Å²) in [6.07, 6.45) is 0.513. The molecular weight excluding hydrogens is 446 g/mol. The van der Waals surface area contributed by atoms with Crippen LogP contribution in [0, 0.1) is 5.82 Å². The van der Waals surface area contributed by atoms with Crippen LogP contribution in [0.25, 0.3) is 0 Å². The minimum absolute atomic E-state index is 0. The Bertz CT molecular complexity index is 737. The first-order valence-electron chi connectivity index (χ1n) is 7.26. The maximum absolute atomic E-state index is 14.2. The molecule has 0 aliphatic carbocycles. The van der Waals surface area contributed by atoms with E-state index in [2.05, 4.69) is 16.9 Å². The topological polar surface area (TPSA) is 87.8 Å². The van der Waals surface area contributed by atoms with Gasteiger partial charge in [-0.2, -0.15) is 0 Å². The van der Waals surface area contributed by atoms with Crippen LogP contribution in [0.3, 0.4) is 0 Å². The fourth-order valence-corrected chi connectivity index (χ4v) is 3.80. The van der Waals surface area contributed by atoms with Crippen LogP contribution < -0.4 is 15.4 Å². The standard InChI is InChI=1S/C15H21FN4O2S.HI/c1-11(2)9-18-15(17)19-10-12-4-5-14(13(16)8-12)20-6-3-7-23(20,21)22;/h4-5,8H,1,3,6-7,9-10H2,2H3,(H3,17,18,19);1H. The highest BCUT2D eigenvalue weighted by atomic mass is 127. The van der Waals surface area contributed by atoms with Crippen LogP contribution in [-0.2, 0) is 16.6 Å². The molecule has 0 atom stereocenters. The summed E-state index contributed by atoms with van der Waals surface area (Å²) in [5, 5.41) is 2.88. The highest BCUT2D eigenvalue weighted by Crippen LogP contribution is 2.27. The van der Waals surface area contributed by atoms with E-state index in [9.17, 15) is 12.8 Å². The lowest BCUT2D eigenvalue weighted by atomic mass is 10.2. The molecule has 3 N–H and O–H groups in total. The van der Waals surface area contributed by atoms with Crippen molar-refractivity contribution in [1.29, 1.82) is 0 Å². The van der Waals surface area contributed by atoms with Crippen molar-refractivity contribution in [3.8, 4) is 0 Å². The first-order valence-corrected chi connectivity index (χ1v) is 8.87. The molecule has 0 bridgehead atoms. The predicted molar refractivity (Wildman–Crippen MR) is 106 cm³/mol. The lowest BCUT2D eigenvalue weighted by molar-refractivity contribution is 0.594. The summed E-state index contributed by atoms with van der Waals surface area (Å²) in [6, 6.07) is 4.42. The van der Waals surface area contributed by atoms with Gasteiger partial charge in [-0.05, 0) is 31.0 Å². The van der Waals surface area contributed by atoms with Crippen molar-refractivity contribution < 1.29 is 12.8 Å². The zero-order chi connectivity index (χ0) is 17.0. The van der Waals surface area contributed by atoms with Crippen LogP contribution in [0.1, 0.15) is 18.9 Å². The van der Waals surface area contributed by atoms with Crippen molar-refractivity contribution in [2.24, 2.45) is 10.7 Å². The summed E-state index contributed by atoms with van der Waals surface area (Å²) < 4.78 is 39.0. The van der Waals surface area contributed by atoms with Gasteiger partial charge in [0.15, 0.2) is 5.96 Å². The number of anilines is 1. The fourth-order valence-electron chi connectivity index (χ4n) is 2.23. The van der Waals surface area contributed by atoms with Gasteiger partial charge in [0, 0.05) is 13.1 Å². The molecule has 1 aromatic carbocycles. The van der Waals surface area contributed by atoms with Gasteiger partial charge in [-0.25, -0.2) is 17.8 Å². The molecule has 1 fully saturated rings. The van der Waals surface area contributed by atoms with Crippen molar-refractivity contribution in [1.82, 2.24) is 5.32 Å². The molecule has 6 nitrogen and oxygen atoms in total. The van der Waals surface area contributed by atoms with Gasteiger partial charge in [-0.15, -0.1) is 24.0 Å². The summed E-state index contributed by atoms with van der Waals surface area (Å²) in [6.45, 7) is 6.65. The summed E-state index contributed by atoms with van der Waals surface area (Å²) in [4.78, 5) is 4.11. The summed E-state index contributed by atoms with van der Waals surface area (Å²) >= 11 is 0. The normalized spacial score (nSPS) is 16.6. The molecule has 0 aromatic heterocycles. The smallest absolute Gasteiger partial charge is 0.235 e. The van der Waals surface area contributed by atoms with E-state index < -0.39 is 15.8 Å². The lowest BCUT2D eigenvalue weighted by Crippen LogP contribution is -2.32. The van der Waals surface area contributed by atoms with Gasteiger partial charge in [0.25, 0.3) is 0 Å². The Morgan fingerprint density at radius 2 is 2.21 bits per heavy atom. The Balaban J connectivity index is 0.00000288. The second-order valence-electron chi connectivity index (χ2n) is 5.54. The van der Waals surface area contributed by atoms with Crippen molar-refractivity contribution in [3.05, 3.63) is 41.7 Å².